The van der Waals surface area contributed by atoms with Gasteiger partial charge in [-0.1, -0.05) is 11.3 Å². The molecule has 0 unspecified atom stereocenters. The van der Waals surface area contributed by atoms with Gasteiger partial charge in [-0.15, -0.1) is 0 Å². The summed E-state index contributed by atoms with van der Waals surface area (Å²) in [5, 5.41) is 2.36. The Balaban J connectivity index is 3.59. The van der Waals surface area contributed by atoms with Crippen LogP contribution in [-0.4, -0.2) is 0 Å². The predicted octanol–water partition coefficient (Wildman–Crippen LogP) is -0.138. The van der Waals surface area contributed by atoms with Crippen LogP contribution in [0.15, 0.2) is 20.3 Å². The van der Waals surface area contributed by atoms with Crippen LogP contribution in [0.1, 0.15) is 0 Å². The first-order valence-electron chi connectivity index (χ1n) is 1.79. The Labute approximate surface area is 48.2 Å². The van der Waals surface area contributed by atoms with E-state index in [-0.39, 0.29) is 0 Å². The van der Waals surface area contributed by atoms with Gasteiger partial charge in [0.1, 0.15) is 6.26 Å². The average Bonchev–Trinajstić information content (AvgIpc) is 1.77. The molecular weight excluding hydrogens is 128 g/mol. The van der Waals surface area contributed by atoms with Crippen LogP contribution in [0, 0.1) is 5.38 Å². The highest BCUT2D eigenvalue weighted by molar-refractivity contribution is 7.06. The molecule has 0 aliphatic rings. The highest BCUT2D eigenvalue weighted by Crippen LogP contribution is 1.75. The summed E-state index contributed by atoms with van der Waals surface area (Å²) in [6, 6.07) is 0. The molecule has 4 heteroatoms. The van der Waals surface area contributed by atoms with Crippen LogP contribution in [-0.2, 0) is 0 Å². The second-order valence-electron chi connectivity index (χ2n) is 1.03. The molecule has 41 valence electrons. The first-order chi connectivity index (χ1) is 3.80. The SMILES string of the molecule is O=c1oc[c]sc1=O. The summed E-state index contributed by atoms with van der Waals surface area (Å²) in [4.78, 5) is 20.3. The molecule has 0 saturated carbocycles. The van der Waals surface area contributed by atoms with Crippen LogP contribution in [0.25, 0.3) is 0 Å². The van der Waals surface area contributed by atoms with Crippen LogP contribution >= 0.6 is 11.3 Å². The largest absolute Gasteiger partial charge is 0.426 e. The predicted molar refractivity (Wildman–Crippen MR) is 28.0 cm³/mol. The Morgan fingerprint density at radius 1 is 1.62 bits per heavy atom. The van der Waals surface area contributed by atoms with E-state index in [0.29, 0.717) is 11.3 Å². The molecule has 0 aliphatic carbocycles. The molecule has 3 nitrogen and oxygen atoms in total. The Hall–Kier alpha value is -0.900. The lowest BCUT2D eigenvalue weighted by Gasteiger charge is -1.70. The Kier molecular flexibility index (Phi) is 1.26. The van der Waals surface area contributed by atoms with Gasteiger partial charge in [-0.3, -0.25) is 4.79 Å². The molecule has 8 heavy (non-hydrogen) atoms. The molecule has 0 bridgehead atoms. The van der Waals surface area contributed by atoms with E-state index >= 15 is 0 Å². The van der Waals surface area contributed by atoms with Crippen LogP contribution in [0.3, 0.4) is 0 Å². The van der Waals surface area contributed by atoms with Crippen molar-refractivity contribution in [3.05, 3.63) is 31.6 Å². The third kappa shape index (κ3) is 0.840. The Morgan fingerprint density at radius 2 is 2.38 bits per heavy atom. The minimum absolute atomic E-state index is 0.618. The van der Waals surface area contributed by atoms with Crippen molar-refractivity contribution in [2.24, 2.45) is 0 Å². The van der Waals surface area contributed by atoms with Crippen molar-refractivity contribution >= 4 is 11.3 Å². The van der Waals surface area contributed by atoms with E-state index in [1.54, 1.807) is 0 Å². The first-order valence-corrected chi connectivity index (χ1v) is 2.61. The van der Waals surface area contributed by atoms with Gasteiger partial charge in [-0.2, -0.15) is 0 Å². The molecule has 0 spiro atoms. The van der Waals surface area contributed by atoms with Crippen LogP contribution in [0.5, 0.6) is 0 Å². The van der Waals surface area contributed by atoms with Gasteiger partial charge in [0.05, 0.1) is 5.38 Å². The molecule has 0 fully saturated rings. The van der Waals surface area contributed by atoms with Crippen LogP contribution < -0.4 is 10.4 Å². The van der Waals surface area contributed by atoms with Gasteiger partial charge < -0.3 is 4.42 Å². The monoisotopic (exact) mass is 129 g/mol. The van der Waals surface area contributed by atoms with E-state index in [0.717, 1.165) is 6.26 Å². The fourth-order valence-electron chi connectivity index (χ4n) is 0.245. The van der Waals surface area contributed by atoms with Crippen LogP contribution in [0.4, 0.5) is 0 Å². The molecule has 1 aromatic rings. The van der Waals surface area contributed by atoms with E-state index in [1.165, 1.54) is 0 Å². The molecule has 0 atom stereocenters. The lowest BCUT2D eigenvalue weighted by atomic mass is 11.0. The van der Waals surface area contributed by atoms with E-state index in [1.807, 2.05) is 0 Å². The zero-order valence-corrected chi connectivity index (χ0v) is 4.53. The summed E-state index contributed by atoms with van der Waals surface area (Å²) in [7, 11) is 0. The zero-order chi connectivity index (χ0) is 5.98. The molecule has 1 radical (unpaired) electrons. The maximum Gasteiger partial charge on any atom is 0.394 e. The second kappa shape index (κ2) is 1.92. The summed E-state index contributed by atoms with van der Waals surface area (Å²) < 4.78 is 3.53. The fraction of sp³-hybridized carbons (Fsp3) is 0. The van der Waals surface area contributed by atoms with Gasteiger partial charge in [-0.05, 0) is 0 Å². The van der Waals surface area contributed by atoms with E-state index in [2.05, 4.69) is 9.80 Å². The van der Waals surface area contributed by atoms with Crippen molar-refractivity contribution in [1.29, 1.82) is 0 Å². The van der Waals surface area contributed by atoms with E-state index < -0.39 is 10.4 Å². The van der Waals surface area contributed by atoms with Crippen molar-refractivity contribution in [3.8, 4) is 0 Å². The summed E-state index contributed by atoms with van der Waals surface area (Å²) in [6.45, 7) is 0. The van der Waals surface area contributed by atoms with Gasteiger partial charge in [0.25, 0.3) is 0 Å². The first kappa shape index (κ1) is 5.24. The smallest absolute Gasteiger partial charge is 0.394 e. The maximum atomic E-state index is 10.2. The lowest BCUT2D eigenvalue weighted by Crippen LogP contribution is -2.17. The van der Waals surface area contributed by atoms with E-state index in [9.17, 15) is 9.59 Å². The number of hydrogen-bond acceptors (Lipinski definition) is 4. The highest BCUT2D eigenvalue weighted by atomic mass is 32.1. The molecule has 0 N–H and O–H groups in total. The lowest BCUT2D eigenvalue weighted by molar-refractivity contribution is 0.510. The molecule has 0 amide bonds. The zero-order valence-electron chi connectivity index (χ0n) is 3.71. The summed E-state index contributed by atoms with van der Waals surface area (Å²) >= 11 is 0.707. The van der Waals surface area contributed by atoms with Gasteiger partial charge in [-0.25, -0.2) is 4.79 Å². The van der Waals surface area contributed by atoms with E-state index in [4.69, 9.17) is 0 Å². The fourth-order valence-corrected chi connectivity index (χ4v) is 0.580. The van der Waals surface area contributed by atoms with Crippen LogP contribution in [0.2, 0.25) is 0 Å². The molecule has 0 aromatic carbocycles. The molecule has 1 aromatic heterocycles. The minimum Gasteiger partial charge on any atom is -0.426 e. The maximum absolute atomic E-state index is 10.2. The van der Waals surface area contributed by atoms with Gasteiger partial charge in [0, 0.05) is 0 Å². The van der Waals surface area contributed by atoms with Gasteiger partial charge in [0.15, 0.2) is 0 Å². The Bertz CT molecular complexity index is 242. The van der Waals surface area contributed by atoms with Crippen molar-refractivity contribution < 1.29 is 4.42 Å². The number of rotatable bonds is 0. The minimum atomic E-state index is -0.825. The highest BCUT2D eigenvalue weighted by Gasteiger charge is 1.88. The quantitative estimate of drug-likeness (QED) is 0.458. The molecule has 1 rings (SSSR count). The number of hydrogen-bond donors (Lipinski definition) is 0. The normalized spacial score (nSPS) is 9.00. The van der Waals surface area contributed by atoms with Crippen molar-refractivity contribution in [2.45, 2.75) is 0 Å². The topological polar surface area (TPSA) is 47.3 Å². The van der Waals surface area contributed by atoms with Gasteiger partial charge >= 0.3 is 10.4 Å². The average molecular weight is 129 g/mol. The summed E-state index contributed by atoms with van der Waals surface area (Å²) in [5.41, 5.74) is -0.825. The summed E-state index contributed by atoms with van der Waals surface area (Å²) in [6.07, 6.45) is 1.06. The third-order valence-electron chi connectivity index (χ3n) is 0.532. The standard InChI is InChI=1S/C4HO3S/c5-3-4(6)8-2-1-7-3/h1H. The molecule has 0 aliphatic heterocycles. The molecule has 0 saturated heterocycles. The molecule has 1 heterocycles. The Morgan fingerprint density at radius 3 is 2.75 bits per heavy atom. The molecular formula is C4HO3S. The third-order valence-corrected chi connectivity index (χ3v) is 1.10. The van der Waals surface area contributed by atoms with Crippen molar-refractivity contribution in [1.82, 2.24) is 0 Å². The van der Waals surface area contributed by atoms with Crippen molar-refractivity contribution in [2.75, 3.05) is 0 Å². The second-order valence-corrected chi connectivity index (χ2v) is 1.84. The van der Waals surface area contributed by atoms with Crippen molar-refractivity contribution in [3.63, 3.8) is 0 Å². The van der Waals surface area contributed by atoms with Gasteiger partial charge in [0.2, 0.25) is 0 Å². The summed E-state index contributed by atoms with van der Waals surface area (Å²) in [5.74, 6) is 0.